The van der Waals surface area contributed by atoms with Crippen LogP contribution in [-0.2, 0) is 25.5 Å². The van der Waals surface area contributed by atoms with Crippen molar-refractivity contribution >= 4 is 11.9 Å². The molecule has 1 atom stereocenters. The fraction of sp³-hybridized carbons (Fsp3) is 0.773. The van der Waals surface area contributed by atoms with Crippen molar-refractivity contribution in [1.29, 1.82) is 0 Å². The van der Waals surface area contributed by atoms with Crippen LogP contribution < -0.4 is 0 Å². The minimum atomic E-state index is -0.531. The normalized spacial score (nSPS) is 21.8. The van der Waals surface area contributed by atoms with Gasteiger partial charge in [-0.3, -0.25) is 9.59 Å². The standard InChI is InChI=1S/C22H34N2O5/c1-4-27-21(26)22(15-18-7-5-6-14-28-18)10-12-24(13-11-22)20(25)9-8-19-16(2)23-29-17(19)3/h18H,4-15H2,1-3H3. The zero-order valence-corrected chi connectivity index (χ0v) is 18.0. The van der Waals surface area contributed by atoms with Gasteiger partial charge in [-0.2, -0.15) is 0 Å². The quantitative estimate of drug-likeness (QED) is 0.646. The summed E-state index contributed by atoms with van der Waals surface area (Å²) in [6.07, 6.45) is 6.41. The Morgan fingerprint density at radius 2 is 2.00 bits per heavy atom. The Labute approximate surface area is 173 Å². The highest BCUT2D eigenvalue weighted by Crippen LogP contribution is 2.40. The van der Waals surface area contributed by atoms with Gasteiger partial charge in [-0.05, 0) is 65.7 Å². The van der Waals surface area contributed by atoms with Gasteiger partial charge in [0.25, 0.3) is 0 Å². The monoisotopic (exact) mass is 406 g/mol. The van der Waals surface area contributed by atoms with Gasteiger partial charge in [-0.15, -0.1) is 0 Å². The lowest BCUT2D eigenvalue weighted by atomic mass is 9.73. The van der Waals surface area contributed by atoms with Gasteiger partial charge >= 0.3 is 5.97 Å². The highest BCUT2D eigenvalue weighted by Gasteiger charge is 2.45. The number of likely N-dealkylation sites (tertiary alicyclic amines) is 1. The summed E-state index contributed by atoms with van der Waals surface area (Å²) in [4.78, 5) is 27.5. The summed E-state index contributed by atoms with van der Waals surface area (Å²) in [5.41, 5.74) is 1.34. The molecule has 1 aromatic heterocycles. The number of hydrogen-bond acceptors (Lipinski definition) is 6. The SMILES string of the molecule is CCOC(=O)C1(CC2CCCCO2)CCN(C(=O)CCc2c(C)noc2C)CC1. The molecular weight excluding hydrogens is 372 g/mol. The maximum Gasteiger partial charge on any atom is 0.312 e. The maximum atomic E-state index is 12.8. The molecule has 2 aliphatic heterocycles. The molecule has 0 saturated carbocycles. The Morgan fingerprint density at radius 1 is 1.24 bits per heavy atom. The van der Waals surface area contributed by atoms with Crippen molar-refractivity contribution in [2.75, 3.05) is 26.3 Å². The van der Waals surface area contributed by atoms with Gasteiger partial charge in [-0.25, -0.2) is 0 Å². The number of aryl methyl sites for hydroxylation is 2. The van der Waals surface area contributed by atoms with E-state index in [0.29, 0.717) is 51.8 Å². The zero-order chi connectivity index (χ0) is 20.9. The molecule has 3 rings (SSSR count). The third-order valence-corrected chi connectivity index (χ3v) is 6.44. The molecule has 7 nitrogen and oxygen atoms in total. The lowest BCUT2D eigenvalue weighted by Gasteiger charge is -2.42. The van der Waals surface area contributed by atoms with Crippen molar-refractivity contribution in [3.63, 3.8) is 0 Å². The van der Waals surface area contributed by atoms with Crippen LogP contribution in [-0.4, -0.2) is 54.3 Å². The van der Waals surface area contributed by atoms with E-state index >= 15 is 0 Å². The van der Waals surface area contributed by atoms with E-state index in [0.717, 1.165) is 42.9 Å². The third-order valence-electron chi connectivity index (χ3n) is 6.44. The van der Waals surface area contributed by atoms with Crippen LogP contribution in [0.15, 0.2) is 4.52 Å². The molecule has 162 valence electrons. The van der Waals surface area contributed by atoms with Crippen LogP contribution in [0.2, 0.25) is 0 Å². The van der Waals surface area contributed by atoms with E-state index in [2.05, 4.69) is 5.16 Å². The molecule has 0 bridgehead atoms. The zero-order valence-electron chi connectivity index (χ0n) is 18.0. The highest BCUT2D eigenvalue weighted by atomic mass is 16.5. The molecule has 2 fully saturated rings. The molecule has 0 N–H and O–H groups in total. The second kappa shape index (κ2) is 9.74. The molecule has 0 aliphatic carbocycles. The summed E-state index contributed by atoms with van der Waals surface area (Å²) in [5, 5.41) is 3.95. The Balaban J connectivity index is 1.58. The van der Waals surface area contributed by atoms with Crippen molar-refractivity contribution in [3.05, 3.63) is 17.0 Å². The summed E-state index contributed by atoms with van der Waals surface area (Å²) in [5.74, 6) is 0.774. The summed E-state index contributed by atoms with van der Waals surface area (Å²) in [6, 6.07) is 0. The van der Waals surface area contributed by atoms with Crippen molar-refractivity contribution in [2.45, 2.75) is 78.2 Å². The first-order chi connectivity index (χ1) is 13.9. The fourth-order valence-corrected chi connectivity index (χ4v) is 4.61. The first kappa shape index (κ1) is 21.8. The van der Waals surface area contributed by atoms with Gasteiger partial charge in [0.15, 0.2) is 0 Å². The number of carbonyl (C=O) groups is 2. The van der Waals surface area contributed by atoms with E-state index in [1.54, 1.807) is 0 Å². The Morgan fingerprint density at radius 3 is 2.59 bits per heavy atom. The van der Waals surface area contributed by atoms with Crippen LogP contribution in [0.4, 0.5) is 0 Å². The first-order valence-corrected chi connectivity index (χ1v) is 10.9. The number of esters is 1. The van der Waals surface area contributed by atoms with Gasteiger partial charge < -0.3 is 18.9 Å². The Hall–Kier alpha value is -1.89. The highest BCUT2D eigenvalue weighted by molar-refractivity contribution is 5.79. The Kier molecular flexibility index (Phi) is 7.33. The van der Waals surface area contributed by atoms with Gasteiger partial charge in [0.2, 0.25) is 5.91 Å². The minimum Gasteiger partial charge on any atom is -0.466 e. The summed E-state index contributed by atoms with van der Waals surface area (Å²) >= 11 is 0. The third kappa shape index (κ3) is 5.18. The van der Waals surface area contributed by atoms with Gasteiger partial charge in [0.1, 0.15) is 5.76 Å². The van der Waals surface area contributed by atoms with Gasteiger partial charge in [0, 0.05) is 31.7 Å². The number of nitrogens with zero attached hydrogens (tertiary/aromatic N) is 2. The summed E-state index contributed by atoms with van der Waals surface area (Å²) < 4.78 is 16.5. The molecule has 1 unspecified atom stereocenters. The van der Waals surface area contributed by atoms with E-state index < -0.39 is 5.41 Å². The lowest BCUT2D eigenvalue weighted by molar-refractivity contribution is -0.164. The number of amides is 1. The average molecular weight is 407 g/mol. The van der Waals surface area contributed by atoms with Crippen LogP contribution in [0.5, 0.6) is 0 Å². The number of carbonyl (C=O) groups excluding carboxylic acids is 2. The molecule has 29 heavy (non-hydrogen) atoms. The second-order valence-corrected chi connectivity index (χ2v) is 8.38. The smallest absolute Gasteiger partial charge is 0.312 e. The predicted molar refractivity (Wildman–Crippen MR) is 107 cm³/mol. The molecular formula is C22H34N2O5. The number of rotatable bonds is 7. The molecule has 2 saturated heterocycles. The molecule has 7 heteroatoms. The molecule has 0 aromatic carbocycles. The molecule has 0 radical (unpaired) electrons. The number of aromatic nitrogens is 1. The van der Waals surface area contributed by atoms with E-state index in [4.69, 9.17) is 14.0 Å². The van der Waals surface area contributed by atoms with Crippen molar-refractivity contribution in [1.82, 2.24) is 10.1 Å². The number of ether oxygens (including phenoxy) is 2. The fourth-order valence-electron chi connectivity index (χ4n) is 4.61. The molecule has 3 heterocycles. The van der Waals surface area contributed by atoms with Gasteiger partial charge in [-0.1, -0.05) is 5.16 Å². The lowest BCUT2D eigenvalue weighted by Crippen LogP contribution is -2.49. The van der Waals surface area contributed by atoms with Crippen LogP contribution in [0.1, 0.15) is 68.9 Å². The molecule has 2 aliphatic rings. The van der Waals surface area contributed by atoms with Crippen molar-refractivity contribution in [3.8, 4) is 0 Å². The Bertz CT molecular complexity index is 681. The maximum absolute atomic E-state index is 12.8. The van der Waals surface area contributed by atoms with Crippen LogP contribution in [0.25, 0.3) is 0 Å². The van der Waals surface area contributed by atoms with Gasteiger partial charge in [0.05, 0.1) is 23.8 Å². The molecule has 1 amide bonds. The second-order valence-electron chi connectivity index (χ2n) is 8.38. The number of hydrogen-bond donors (Lipinski definition) is 0. The van der Waals surface area contributed by atoms with Crippen LogP contribution in [0.3, 0.4) is 0 Å². The molecule has 1 aromatic rings. The van der Waals surface area contributed by atoms with Crippen molar-refractivity contribution < 1.29 is 23.6 Å². The average Bonchev–Trinajstić information content (AvgIpc) is 3.05. The summed E-state index contributed by atoms with van der Waals surface area (Å²) in [7, 11) is 0. The predicted octanol–water partition coefficient (Wildman–Crippen LogP) is 3.36. The summed E-state index contributed by atoms with van der Waals surface area (Å²) in [6.45, 7) is 7.95. The van der Waals surface area contributed by atoms with E-state index in [1.165, 1.54) is 0 Å². The number of piperidine rings is 1. The van der Waals surface area contributed by atoms with Crippen molar-refractivity contribution in [2.24, 2.45) is 5.41 Å². The first-order valence-electron chi connectivity index (χ1n) is 10.9. The van der Waals surface area contributed by atoms with E-state index in [1.807, 2.05) is 25.7 Å². The van der Waals surface area contributed by atoms with Crippen LogP contribution in [0, 0.1) is 19.3 Å². The van der Waals surface area contributed by atoms with E-state index in [-0.39, 0.29) is 18.0 Å². The largest absolute Gasteiger partial charge is 0.466 e. The molecule has 0 spiro atoms. The minimum absolute atomic E-state index is 0.120. The van der Waals surface area contributed by atoms with E-state index in [9.17, 15) is 9.59 Å². The topological polar surface area (TPSA) is 81.9 Å². The van der Waals surface area contributed by atoms with Crippen LogP contribution >= 0.6 is 0 Å².